The van der Waals surface area contributed by atoms with Crippen molar-refractivity contribution in [1.29, 1.82) is 0 Å². The summed E-state index contributed by atoms with van der Waals surface area (Å²) in [5.41, 5.74) is 7.28. The number of hydrogen-bond acceptors (Lipinski definition) is 8. The van der Waals surface area contributed by atoms with E-state index in [2.05, 4.69) is 15.3 Å². The number of methoxy groups -OCH3 is 1. The van der Waals surface area contributed by atoms with Crippen LogP contribution < -0.4 is 11.1 Å². The van der Waals surface area contributed by atoms with Crippen LogP contribution in [-0.4, -0.2) is 42.2 Å². The molecule has 11 heteroatoms. The quantitative estimate of drug-likeness (QED) is 0.467. The van der Waals surface area contributed by atoms with Crippen LogP contribution >= 0.6 is 19.0 Å². The van der Waals surface area contributed by atoms with Gasteiger partial charge in [-0.15, -0.1) is 0 Å². The Bertz CT molecular complexity index is 903. The molecule has 9 nitrogen and oxygen atoms in total. The lowest BCUT2D eigenvalue weighted by atomic mass is 10.2. The van der Waals surface area contributed by atoms with Crippen molar-refractivity contribution in [3.63, 3.8) is 0 Å². The van der Waals surface area contributed by atoms with E-state index in [0.717, 1.165) is 5.56 Å². The lowest BCUT2D eigenvalue weighted by molar-refractivity contribution is 0.0864. The van der Waals surface area contributed by atoms with Crippen molar-refractivity contribution >= 4 is 30.7 Å². The highest BCUT2D eigenvalue weighted by molar-refractivity contribution is 7.57. The highest BCUT2D eigenvalue weighted by Crippen LogP contribution is 2.43. The Morgan fingerprint density at radius 1 is 1.43 bits per heavy atom. The number of imidazole rings is 1. The number of nitrogens with two attached hydrogens (primary N) is 1. The molecular formula is C17H23ClN5O4P. The zero-order chi connectivity index (χ0) is 20.1. The fourth-order valence-electron chi connectivity index (χ4n) is 2.65. The van der Waals surface area contributed by atoms with Crippen LogP contribution in [0.2, 0.25) is 5.02 Å². The molecule has 0 saturated carbocycles. The normalized spacial score (nSPS) is 18.1. The summed E-state index contributed by atoms with van der Waals surface area (Å²) < 4.78 is 30.7. The van der Waals surface area contributed by atoms with E-state index in [4.69, 9.17) is 31.3 Å². The number of aromatic nitrogens is 2. The number of aliphatic imine (C=N–C) groups is 1. The summed E-state index contributed by atoms with van der Waals surface area (Å²) in [5.74, 6) is 0.873. The second-order valence-corrected chi connectivity index (χ2v) is 9.34. The van der Waals surface area contributed by atoms with Crippen molar-refractivity contribution in [3.8, 4) is 0 Å². The number of benzene rings is 1. The molecule has 0 fully saturated rings. The number of rotatable bonds is 9. The van der Waals surface area contributed by atoms with Gasteiger partial charge in [0.25, 0.3) is 0 Å². The molecule has 3 N–H and O–H groups in total. The smallest absolute Gasteiger partial charge is 0.225 e. The average Bonchev–Trinajstić information content (AvgIpc) is 3.06. The predicted molar refractivity (Wildman–Crippen MR) is 107 cm³/mol. The van der Waals surface area contributed by atoms with Gasteiger partial charge in [-0.05, 0) is 17.7 Å². The number of halogens is 1. The lowest BCUT2D eigenvalue weighted by Gasteiger charge is -2.21. The van der Waals surface area contributed by atoms with E-state index >= 15 is 0 Å². The van der Waals surface area contributed by atoms with Gasteiger partial charge in [0, 0.05) is 25.3 Å². The number of hydrogen-bond donors (Lipinski definition) is 2. The van der Waals surface area contributed by atoms with Gasteiger partial charge in [0.05, 0.1) is 19.5 Å². The summed E-state index contributed by atoms with van der Waals surface area (Å²) in [4.78, 5) is 8.57. The van der Waals surface area contributed by atoms with Crippen LogP contribution in [0.15, 0.2) is 35.6 Å². The van der Waals surface area contributed by atoms with Gasteiger partial charge in [-0.2, -0.15) is 4.99 Å². The van der Waals surface area contributed by atoms with Gasteiger partial charge in [0.2, 0.25) is 7.37 Å². The molecule has 3 rings (SSSR count). The van der Waals surface area contributed by atoms with Crippen LogP contribution in [0.3, 0.4) is 0 Å². The Labute approximate surface area is 168 Å². The fraction of sp³-hybridized carbons (Fsp3) is 0.412. The number of nitrogens with one attached hydrogen (secondary N) is 1. The molecule has 1 aliphatic rings. The third kappa shape index (κ3) is 5.33. The van der Waals surface area contributed by atoms with Crippen molar-refractivity contribution in [2.75, 3.05) is 26.7 Å². The lowest BCUT2D eigenvalue weighted by Crippen LogP contribution is -2.38. The number of ether oxygens (including phenoxy) is 2. The molecule has 2 atom stereocenters. The molecule has 2 unspecified atom stereocenters. The summed E-state index contributed by atoms with van der Waals surface area (Å²) in [6, 6.07) is 7.24. The second-order valence-electron chi connectivity index (χ2n) is 6.36. The Balaban J connectivity index is 1.48. The summed E-state index contributed by atoms with van der Waals surface area (Å²) >= 11 is 5.94. The molecule has 0 aliphatic carbocycles. The summed E-state index contributed by atoms with van der Waals surface area (Å²) in [7, 11) is -1.34. The van der Waals surface area contributed by atoms with Gasteiger partial charge in [-0.25, -0.2) is 4.98 Å². The SMILES string of the molecule is COC1NC(N)=Nc2c1ncn2CCOCP(C)(=O)OCc1cccc(Cl)c1. The fourth-order valence-corrected chi connectivity index (χ4v) is 3.82. The maximum atomic E-state index is 12.5. The van der Waals surface area contributed by atoms with Crippen LogP contribution in [-0.2, 0) is 31.7 Å². The Hall–Kier alpha value is -1.90. The first-order chi connectivity index (χ1) is 13.4. The Kier molecular flexibility index (Phi) is 6.74. The van der Waals surface area contributed by atoms with Crippen LogP contribution in [0.25, 0.3) is 0 Å². The molecule has 0 amide bonds. The predicted octanol–water partition coefficient (Wildman–Crippen LogP) is 2.83. The minimum Gasteiger partial charge on any atom is -0.370 e. The molecular weight excluding hydrogens is 405 g/mol. The van der Waals surface area contributed by atoms with E-state index < -0.39 is 13.6 Å². The third-order valence-electron chi connectivity index (χ3n) is 4.02. The third-order valence-corrected chi connectivity index (χ3v) is 5.58. The molecule has 0 saturated heterocycles. The van der Waals surface area contributed by atoms with Gasteiger partial charge in [-0.3, -0.25) is 4.57 Å². The highest BCUT2D eigenvalue weighted by Gasteiger charge is 2.25. The molecule has 28 heavy (non-hydrogen) atoms. The van der Waals surface area contributed by atoms with E-state index in [9.17, 15) is 4.57 Å². The first kappa shape index (κ1) is 20.8. The van der Waals surface area contributed by atoms with E-state index in [1.807, 2.05) is 16.7 Å². The first-order valence-corrected chi connectivity index (χ1v) is 11.2. The Morgan fingerprint density at radius 3 is 3.00 bits per heavy atom. The maximum Gasteiger partial charge on any atom is 0.225 e. The minimum absolute atomic E-state index is 0.0120. The molecule has 0 radical (unpaired) electrons. The summed E-state index contributed by atoms with van der Waals surface area (Å²) in [6.45, 7) is 2.56. The van der Waals surface area contributed by atoms with Crippen molar-refractivity contribution < 1.29 is 18.6 Å². The van der Waals surface area contributed by atoms with Gasteiger partial charge in [-0.1, -0.05) is 23.7 Å². The summed E-state index contributed by atoms with van der Waals surface area (Å²) in [6.07, 6.45) is 1.22. The minimum atomic E-state index is -2.89. The van der Waals surface area contributed by atoms with Crippen molar-refractivity contribution in [2.45, 2.75) is 19.4 Å². The number of fused-ring (bicyclic) bond motifs is 1. The van der Waals surface area contributed by atoms with Gasteiger partial charge in [0.1, 0.15) is 12.0 Å². The topological polar surface area (TPSA) is 113 Å². The molecule has 2 heterocycles. The van der Waals surface area contributed by atoms with Gasteiger partial charge >= 0.3 is 0 Å². The van der Waals surface area contributed by atoms with Crippen LogP contribution in [0.1, 0.15) is 17.5 Å². The van der Waals surface area contributed by atoms with Crippen LogP contribution in [0, 0.1) is 0 Å². The average molecular weight is 428 g/mol. The molecule has 0 spiro atoms. The molecule has 1 aromatic heterocycles. The molecule has 152 valence electrons. The largest absolute Gasteiger partial charge is 0.370 e. The molecule has 2 aromatic rings. The molecule has 0 bridgehead atoms. The van der Waals surface area contributed by atoms with Crippen LogP contribution in [0.4, 0.5) is 5.82 Å². The summed E-state index contributed by atoms with van der Waals surface area (Å²) in [5, 5.41) is 3.50. The second kappa shape index (κ2) is 9.07. The zero-order valence-electron chi connectivity index (χ0n) is 15.7. The van der Waals surface area contributed by atoms with E-state index in [1.54, 1.807) is 32.2 Å². The first-order valence-electron chi connectivity index (χ1n) is 8.60. The van der Waals surface area contributed by atoms with Crippen molar-refractivity contribution in [2.24, 2.45) is 10.7 Å². The van der Waals surface area contributed by atoms with Crippen LogP contribution in [0.5, 0.6) is 0 Å². The van der Waals surface area contributed by atoms with E-state index in [-0.39, 0.29) is 18.9 Å². The maximum absolute atomic E-state index is 12.5. The zero-order valence-corrected chi connectivity index (χ0v) is 17.3. The highest BCUT2D eigenvalue weighted by atomic mass is 35.5. The number of nitrogens with zero attached hydrogens (tertiary/aromatic N) is 3. The standard InChI is InChI=1S/C17H23ClN5O4P/c1-25-16-14-15(21-17(19)22-16)23(10-20-14)6-7-26-11-28(2,24)27-9-12-4-3-5-13(18)8-12/h3-5,8,10,16H,6-7,9,11H2,1-2H3,(H3,19,21,22). The monoisotopic (exact) mass is 427 g/mol. The van der Waals surface area contributed by atoms with Gasteiger partial charge < -0.3 is 29.6 Å². The van der Waals surface area contributed by atoms with E-state index in [1.165, 1.54) is 0 Å². The van der Waals surface area contributed by atoms with Crippen molar-refractivity contribution in [3.05, 3.63) is 46.9 Å². The number of guanidine groups is 1. The van der Waals surface area contributed by atoms with E-state index in [0.29, 0.717) is 29.7 Å². The Morgan fingerprint density at radius 2 is 2.25 bits per heavy atom. The molecule has 1 aromatic carbocycles. The molecule has 1 aliphatic heterocycles. The van der Waals surface area contributed by atoms with Gasteiger partial charge in [0.15, 0.2) is 18.0 Å². The van der Waals surface area contributed by atoms with Crippen molar-refractivity contribution in [1.82, 2.24) is 14.9 Å².